The molecule has 0 fully saturated rings. The molecule has 1 aliphatic carbocycles. The van der Waals surface area contributed by atoms with Gasteiger partial charge < -0.3 is 10.1 Å². The number of carbonyl (C=O) groups is 1. The summed E-state index contributed by atoms with van der Waals surface area (Å²) in [6, 6.07) is 22.4. The molecule has 4 aromatic rings. The van der Waals surface area contributed by atoms with E-state index in [-0.39, 0.29) is 5.92 Å². The molecule has 1 heterocycles. The number of fused-ring (bicyclic) bond motifs is 4. The molecule has 1 N–H and O–H groups in total. The highest BCUT2D eigenvalue weighted by Gasteiger charge is 2.28. The number of ether oxygens (including phenoxy) is 1. The van der Waals surface area contributed by atoms with Crippen LogP contribution in [0.25, 0.3) is 28.1 Å². The molecule has 0 unspecified atom stereocenters. The normalized spacial score (nSPS) is 12.6. The number of halogens is 1. The molecule has 1 aliphatic rings. The molecule has 5 nitrogen and oxygen atoms in total. The van der Waals surface area contributed by atoms with Gasteiger partial charge in [-0.15, -0.1) is 0 Å². The van der Waals surface area contributed by atoms with Gasteiger partial charge in [-0.05, 0) is 46.4 Å². The van der Waals surface area contributed by atoms with Crippen LogP contribution in [0.5, 0.6) is 0 Å². The molecule has 0 radical (unpaired) electrons. The molecule has 0 saturated carbocycles. The molecule has 0 saturated heterocycles. The minimum absolute atomic E-state index is 0.0618. The van der Waals surface area contributed by atoms with Crippen molar-refractivity contribution in [2.75, 3.05) is 13.2 Å². The van der Waals surface area contributed by atoms with E-state index in [1.165, 1.54) is 28.6 Å². The van der Waals surface area contributed by atoms with Crippen LogP contribution in [0.3, 0.4) is 0 Å². The predicted octanol–water partition coefficient (Wildman–Crippen LogP) is 6.23. The molecular weight excluding hydrogens is 434 g/mol. The maximum atomic E-state index is 12.3. The lowest BCUT2D eigenvalue weighted by molar-refractivity contribution is 0.143. The third-order valence-corrected chi connectivity index (χ3v) is 6.15. The first-order valence-corrected chi connectivity index (χ1v) is 11.2. The summed E-state index contributed by atoms with van der Waals surface area (Å²) >= 11 is 6.14. The number of amides is 1. The second kappa shape index (κ2) is 9.43. The Morgan fingerprint density at radius 3 is 2.48 bits per heavy atom. The van der Waals surface area contributed by atoms with Gasteiger partial charge >= 0.3 is 6.09 Å². The SMILES string of the molecule is O=C(NCCC=Cc1ccc2ncnc(Cl)c2c1)OCC1c2ccccc2-c2ccccc21. The van der Waals surface area contributed by atoms with E-state index in [0.717, 1.165) is 16.5 Å². The largest absolute Gasteiger partial charge is 0.449 e. The summed E-state index contributed by atoms with van der Waals surface area (Å²) in [6.45, 7) is 0.806. The van der Waals surface area contributed by atoms with E-state index in [0.29, 0.717) is 24.7 Å². The van der Waals surface area contributed by atoms with Crippen molar-refractivity contribution in [3.63, 3.8) is 0 Å². The van der Waals surface area contributed by atoms with Crippen LogP contribution in [0, 0.1) is 0 Å². The Kier molecular flexibility index (Phi) is 6.05. The molecule has 0 aliphatic heterocycles. The van der Waals surface area contributed by atoms with Gasteiger partial charge in [0.25, 0.3) is 0 Å². The van der Waals surface area contributed by atoms with Crippen LogP contribution < -0.4 is 5.32 Å². The zero-order chi connectivity index (χ0) is 22.6. The maximum absolute atomic E-state index is 12.3. The van der Waals surface area contributed by atoms with Crippen molar-refractivity contribution in [1.82, 2.24) is 15.3 Å². The van der Waals surface area contributed by atoms with E-state index in [2.05, 4.69) is 39.6 Å². The van der Waals surface area contributed by atoms with Crippen molar-refractivity contribution in [2.24, 2.45) is 0 Å². The highest BCUT2D eigenvalue weighted by atomic mass is 35.5. The molecular formula is C27H22ClN3O2. The Balaban J connectivity index is 1.13. The standard InChI is InChI=1S/C27H22ClN3O2/c28-26-23-15-18(12-13-25(23)30-17-31-26)7-5-6-14-29-27(32)33-16-24-21-10-3-1-8-19(21)20-9-2-4-11-22(20)24/h1-5,7-13,15,17,24H,6,14,16H2,(H,29,32). The summed E-state index contributed by atoms with van der Waals surface area (Å²) < 4.78 is 5.56. The molecule has 0 bridgehead atoms. The highest BCUT2D eigenvalue weighted by molar-refractivity contribution is 6.34. The monoisotopic (exact) mass is 455 g/mol. The van der Waals surface area contributed by atoms with Crippen LogP contribution >= 0.6 is 11.6 Å². The maximum Gasteiger partial charge on any atom is 0.407 e. The Bertz CT molecular complexity index is 1310. The lowest BCUT2D eigenvalue weighted by Gasteiger charge is -2.14. The zero-order valence-electron chi connectivity index (χ0n) is 17.9. The highest BCUT2D eigenvalue weighted by Crippen LogP contribution is 2.44. The molecule has 5 rings (SSSR count). The van der Waals surface area contributed by atoms with Crippen molar-refractivity contribution < 1.29 is 9.53 Å². The zero-order valence-corrected chi connectivity index (χ0v) is 18.6. The molecule has 3 aromatic carbocycles. The van der Waals surface area contributed by atoms with Gasteiger partial charge in [-0.3, -0.25) is 0 Å². The van der Waals surface area contributed by atoms with Gasteiger partial charge in [0.2, 0.25) is 0 Å². The Labute approximate surface area is 197 Å². The smallest absolute Gasteiger partial charge is 0.407 e. The number of hydrogen-bond acceptors (Lipinski definition) is 4. The molecule has 1 amide bonds. The number of nitrogens with zero attached hydrogens (tertiary/aromatic N) is 2. The summed E-state index contributed by atoms with van der Waals surface area (Å²) in [5, 5.41) is 4.08. The van der Waals surface area contributed by atoms with Crippen molar-refractivity contribution in [3.05, 3.63) is 101 Å². The number of aromatic nitrogens is 2. The average Bonchev–Trinajstić information content (AvgIpc) is 3.17. The van der Waals surface area contributed by atoms with Gasteiger partial charge in [0.05, 0.1) is 5.52 Å². The quantitative estimate of drug-likeness (QED) is 0.276. The van der Waals surface area contributed by atoms with Crippen molar-refractivity contribution in [2.45, 2.75) is 12.3 Å². The number of alkyl carbamates (subject to hydrolysis) is 1. The van der Waals surface area contributed by atoms with E-state index in [4.69, 9.17) is 16.3 Å². The summed E-state index contributed by atoms with van der Waals surface area (Å²) in [5.41, 5.74) is 6.65. The number of benzene rings is 3. The lowest BCUT2D eigenvalue weighted by atomic mass is 9.98. The topological polar surface area (TPSA) is 64.1 Å². The number of nitrogens with one attached hydrogen (secondary N) is 1. The van der Waals surface area contributed by atoms with E-state index in [9.17, 15) is 4.79 Å². The summed E-state index contributed by atoms with van der Waals surface area (Å²) in [5.74, 6) is 0.0618. The van der Waals surface area contributed by atoms with Gasteiger partial charge in [-0.1, -0.05) is 78.4 Å². The number of rotatable bonds is 6. The van der Waals surface area contributed by atoms with Gasteiger partial charge in [0.1, 0.15) is 18.1 Å². The van der Waals surface area contributed by atoms with E-state index in [1.807, 2.05) is 54.6 Å². The molecule has 1 aromatic heterocycles. The fourth-order valence-electron chi connectivity index (χ4n) is 4.27. The van der Waals surface area contributed by atoms with Gasteiger partial charge in [0.15, 0.2) is 0 Å². The second-order valence-electron chi connectivity index (χ2n) is 7.88. The number of hydrogen-bond donors (Lipinski definition) is 1. The molecule has 33 heavy (non-hydrogen) atoms. The molecule has 0 atom stereocenters. The first-order valence-electron chi connectivity index (χ1n) is 10.9. The summed E-state index contributed by atoms with van der Waals surface area (Å²) in [6.07, 6.45) is 5.72. The minimum Gasteiger partial charge on any atom is -0.449 e. The number of carbonyl (C=O) groups excluding carboxylic acids is 1. The van der Waals surface area contributed by atoms with Gasteiger partial charge in [0, 0.05) is 17.8 Å². The fourth-order valence-corrected chi connectivity index (χ4v) is 4.47. The summed E-state index contributed by atoms with van der Waals surface area (Å²) in [4.78, 5) is 20.5. The van der Waals surface area contributed by atoms with Crippen LogP contribution in [0.15, 0.2) is 79.1 Å². The fraction of sp³-hybridized carbons (Fsp3) is 0.148. The van der Waals surface area contributed by atoms with Crippen molar-refractivity contribution in [3.8, 4) is 11.1 Å². The van der Waals surface area contributed by atoms with Crippen LogP contribution in [0.2, 0.25) is 5.15 Å². The van der Waals surface area contributed by atoms with Gasteiger partial charge in [-0.25, -0.2) is 14.8 Å². The van der Waals surface area contributed by atoms with E-state index in [1.54, 1.807) is 0 Å². The van der Waals surface area contributed by atoms with Crippen LogP contribution in [0.4, 0.5) is 4.79 Å². The van der Waals surface area contributed by atoms with Crippen molar-refractivity contribution >= 4 is 34.7 Å². The lowest BCUT2D eigenvalue weighted by Crippen LogP contribution is -2.26. The first-order chi connectivity index (χ1) is 16.2. The Morgan fingerprint density at radius 1 is 1.00 bits per heavy atom. The Morgan fingerprint density at radius 2 is 1.73 bits per heavy atom. The van der Waals surface area contributed by atoms with Crippen LogP contribution in [0.1, 0.15) is 29.0 Å². The molecule has 164 valence electrons. The van der Waals surface area contributed by atoms with E-state index < -0.39 is 6.09 Å². The van der Waals surface area contributed by atoms with E-state index >= 15 is 0 Å². The second-order valence-corrected chi connectivity index (χ2v) is 8.24. The minimum atomic E-state index is -0.403. The average molecular weight is 456 g/mol. The predicted molar refractivity (Wildman–Crippen MR) is 131 cm³/mol. The first kappa shape index (κ1) is 21.2. The van der Waals surface area contributed by atoms with Crippen LogP contribution in [-0.4, -0.2) is 29.2 Å². The molecule has 0 spiro atoms. The van der Waals surface area contributed by atoms with Gasteiger partial charge in [-0.2, -0.15) is 0 Å². The Hall–Kier alpha value is -3.70. The summed E-state index contributed by atoms with van der Waals surface area (Å²) in [7, 11) is 0. The van der Waals surface area contributed by atoms with Crippen molar-refractivity contribution in [1.29, 1.82) is 0 Å². The third-order valence-electron chi connectivity index (χ3n) is 5.85. The van der Waals surface area contributed by atoms with Crippen LogP contribution in [-0.2, 0) is 4.74 Å². The third kappa shape index (κ3) is 4.45. The molecule has 6 heteroatoms.